The van der Waals surface area contributed by atoms with Gasteiger partial charge in [-0.2, -0.15) is 0 Å². The third kappa shape index (κ3) is 5.55. The molecule has 0 atom stereocenters. The molecule has 0 fully saturated rings. The third-order valence-electron chi connectivity index (χ3n) is 5.03. The summed E-state index contributed by atoms with van der Waals surface area (Å²) in [5.74, 6) is 0.391. The highest BCUT2D eigenvalue weighted by Gasteiger charge is 2.16. The number of carbonyl (C=O) groups excluding carboxylic acids is 2. The first-order valence-electron chi connectivity index (χ1n) is 10.5. The van der Waals surface area contributed by atoms with Crippen molar-refractivity contribution in [1.82, 2.24) is 20.1 Å². The molecule has 0 saturated heterocycles. The Bertz CT molecular complexity index is 1350. The van der Waals surface area contributed by atoms with Crippen molar-refractivity contribution < 1.29 is 9.59 Å². The van der Waals surface area contributed by atoms with E-state index < -0.39 is 0 Å². The number of nitrogens with zero attached hydrogens (tertiary/aromatic N) is 3. The Hall–Kier alpha value is -3.43. The summed E-state index contributed by atoms with van der Waals surface area (Å²) in [6.07, 6.45) is 1.72. The average Bonchev–Trinajstić information content (AvgIpc) is 3.23. The Labute approximate surface area is 209 Å². The van der Waals surface area contributed by atoms with E-state index in [1.54, 1.807) is 18.2 Å². The minimum atomic E-state index is -0.218. The summed E-state index contributed by atoms with van der Waals surface area (Å²) in [5.41, 5.74) is 1.31. The molecule has 2 amide bonds. The molecule has 0 unspecified atom stereocenters. The normalized spacial score (nSPS) is 10.7. The molecule has 7 nitrogen and oxygen atoms in total. The monoisotopic (exact) mass is 535 g/mol. The second kappa shape index (κ2) is 11.1. The van der Waals surface area contributed by atoms with Gasteiger partial charge in [-0.1, -0.05) is 66.4 Å². The number of rotatable bonds is 9. The number of benzene rings is 3. The number of halogens is 1. The Morgan fingerprint density at radius 2 is 1.79 bits per heavy atom. The Morgan fingerprint density at radius 3 is 2.62 bits per heavy atom. The van der Waals surface area contributed by atoms with Gasteiger partial charge in [0.1, 0.15) is 0 Å². The molecule has 0 bridgehead atoms. The van der Waals surface area contributed by atoms with E-state index in [-0.39, 0.29) is 24.1 Å². The molecule has 0 aliphatic heterocycles. The number of nitrogens with one attached hydrogen (secondary N) is 2. The Morgan fingerprint density at radius 1 is 1.03 bits per heavy atom. The summed E-state index contributed by atoms with van der Waals surface area (Å²) in [6, 6.07) is 20.9. The van der Waals surface area contributed by atoms with Crippen LogP contribution < -0.4 is 10.6 Å². The largest absolute Gasteiger partial charge is 0.345 e. The van der Waals surface area contributed by atoms with E-state index in [0.29, 0.717) is 27.6 Å². The van der Waals surface area contributed by atoms with Crippen molar-refractivity contribution in [2.45, 2.75) is 18.2 Å². The van der Waals surface area contributed by atoms with Crippen molar-refractivity contribution in [2.75, 3.05) is 11.1 Å². The maximum absolute atomic E-state index is 12.6. The van der Waals surface area contributed by atoms with Gasteiger partial charge in [0.05, 0.1) is 17.9 Å². The average molecular weight is 536 g/mol. The van der Waals surface area contributed by atoms with Crippen LogP contribution in [0.15, 0.2) is 89.0 Å². The number of anilines is 1. The molecule has 9 heteroatoms. The summed E-state index contributed by atoms with van der Waals surface area (Å²) in [7, 11) is 0. The van der Waals surface area contributed by atoms with Crippen molar-refractivity contribution in [3.05, 3.63) is 95.2 Å². The summed E-state index contributed by atoms with van der Waals surface area (Å²) in [6.45, 7) is 4.45. The van der Waals surface area contributed by atoms with Gasteiger partial charge in [0, 0.05) is 22.1 Å². The van der Waals surface area contributed by atoms with Crippen molar-refractivity contribution in [3.63, 3.8) is 0 Å². The minimum Gasteiger partial charge on any atom is -0.345 e. The first-order valence-corrected chi connectivity index (χ1v) is 12.3. The zero-order valence-electron chi connectivity index (χ0n) is 18.2. The predicted octanol–water partition coefficient (Wildman–Crippen LogP) is 5.04. The number of allylic oxidation sites excluding steroid dienone is 1. The van der Waals surface area contributed by atoms with E-state index in [2.05, 4.69) is 43.3 Å². The van der Waals surface area contributed by atoms with Crippen LogP contribution in [0.3, 0.4) is 0 Å². The highest BCUT2D eigenvalue weighted by atomic mass is 79.9. The fourth-order valence-corrected chi connectivity index (χ4v) is 4.65. The van der Waals surface area contributed by atoms with Gasteiger partial charge in [0.25, 0.3) is 5.91 Å². The van der Waals surface area contributed by atoms with Gasteiger partial charge in [-0.15, -0.1) is 16.8 Å². The third-order valence-corrected chi connectivity index (χ3v) is 6.69. The number of hydrogen-bond acceptors (Lipinski definition) is 5. The quantitative estimate of drug-likeness (QED) is 0.231. The highest BCUT2D eigenvalue weighted by molar-refractivity contribution is 9.10. The van der Waals surface area contributed by atoms with Gasteiger partial charge in [-0.25, -0.2) is 0 Å². The molecule has 1 aromatic heterocycles. The van der Waals surface area contributed by atoms with Gasteiger partial charge in [-0.3, -0.25) is 9.59 Å². The van der Waals surface area contributed by atoms with E-state index in [4.69, 9.17) is 0 Å². The lowest BCUT2D eigenvalue weighted by Crippen LogP contribution is -2.25. The van der Waals surface area contributed by atoms with E-state index in [1.165, 1.54) is 11.8 Å². The van der Waals surface area contributed by atoms with Crippen LogP contribution in [0.5, 0.6) is 0 Å². The number of thioether (sulfide) groups is 1. The first-order chi connectivity index (χ1) is 16.6. The maximum atomic E-state index is 12.6. The molecule has 0 aliphatic rings. The van der Waals surface area contributed by atoms with Crippen molar-refractivity contribution in [3.8, 4) is 0 Å². The lowest BCUT2D eigenvalue weighted by atomic mass is 10.1. The molecule has 2 N–H and O–H groups in total. The van der Waals surface area contributed by atoms with Crippen LogP contribution in [0.4, 0.5) is 5.69 Å². The van der Waals surface area contributed by atoms with E-state index >= 15 is 0 Å². The fourth-order valence-electron chi connectivity index (χ4n) is 3.42. The van der Waals surface area contributed by atoms with E-state index in [1.807, 2.05) is 59.2 Å². The fraction of sp³-hybridized carbons (Fsp3) is 0.120. The second-order valence-corrected chi connectivity index (χ2v) is 9.12. The molecular formula is C25H22BrN5O2S. The molecule has 0 spiro atoms. The molecule has 0 saturated carbocycles. The van der Waals surface area contributed by atoms with Crippen molar-refractivity contribution in [1.29, 1.82) is 0 Å². The zero-order valence-corrected chi connectivity index (χ0v) is 20.6. The summed E-state index contributed by atoms with van der Waals surface area (Å²) in [4.78, 5) is 25.2. The van der Waals surface area contributed by atoms with Crippen LogP contribution >= 0.6 is 27.7 Å². The Kier molecular flexibility index (Phi) is 7.76. The van der Waals surface area contributed by atoms with Crippen LogP contribution in [0.25, 0.3) is 10.8 Å². The first kappa shape index (κ1) is 23.7. The molecular weight excluding hydrogens is 514 g/mol. The lowest BCUT2D eigenvalue weighted by molar-refractivity contribution is -0.113. The Balaban J connectivity index is 1.40. The van der Waals surface area contributed by atoms with Gasteiger partial charge in [0.15, 0.2) is 11.0 Å². The number of amides is 2. The lowest BCUT2D eigenvalue weighted by Gasteiger charge is -2.10. The van der Waals surface area contributed by atoms with Gasteiger partial charge < -0.3 is 15.2 Å². The topological polar surface area (TPSA) is 88.9 Å². The SMILES string of the molecule is C=CCn1c(CNC(=O)c2ccccc2Br)nnc1SCC(=O)Nc1cccc2ccccc12. The summed E-state index contributed by atoms with van der Waals surface area (Å²) < 4.78 is 2.55. The molecule has 4 rings (SSSR count). The molecule has 4 aromatic rings. The second-order valence-electron chi connectivity index (χ2n) is 7.32. The molecule has 1 heterocycles. The molecule has 3 aromatic carbocycles. The zero-order chi connectivity index (χ0) is 23.9. The number of aromatic nitrogens is 3. The summed E-state index contributed by atoms with van der Waals surface area (Å²) in [5, 5.41) is 16.9. The summed E-state index contributed by atoms with van der Waals surface area (Å²) >= 11 is 4.67. The number of fused-ring (bicyclic) bond motifs is 1. The van der Waals surface area contributed by atoms with E-state index in [0.717, 1.165) is 16.5 Å². The standard InChI is InChI=1S/C25H22BrN5O2S/c1-2-14-31-22(15-27-24(33)19-11-5-6-12-20(19)26)29-30-25(31)34-16-23(32)28-21-13-7-9-17-8-3-4-10-18(17)21/h2-13H,1,14-16H2,(H,27,33)(H,28,32). The minimum absolute atomic E-state index is 0.140. The predicted molar refractivity (Wildman–Crippen MR) is 139 cm³/mol. The van der Waals surface area contributed by atoms with E-state index in [9.17, 15) is 9.59 Å². The van der Waals surface area contributed by atoms with Gasteiger partial charge >= 0.3 is 0 Å². The van der Waals surface area contributed by atoms with Crippen molar-refractivity contribution >= 4 is 56.0 Å². The van der Waals surface area contributed by atoms with Crippen LogP contribution in [0.2, 0.25) is 0 Å². The molecule has 0 aliphatic carbocycles. The smallest absolute Gasteiger partial charge is 0.252 e. The molecule has 0 radical (unpaired) electrons. The highest BCUT2D eigenvalue weighted by Crippen LogP contribution is 2.24. The van der Waals surface area contributed by atoms with Crippen LogP contribution in [0.1, 0.15) is 16.2 Å². The number of carbonyl (C=O) groups is 2. The van der Waals surface area contributed by atoms with Crippen LogP contribution in [-0.4, -0.2) is 32.3 Å². The molecule has 34 heavy (non-hydrogen) atoms. The number of hydrogen-bond donors (Lipinski definition) is 2. The van der Waals surface area contributed by atoms with Gasteiger partial charge in [0.2, 0.25) is 5.91 Å². The molecule has 172 valence electrons. The van der Waals surface area contributed by atoms with Crippen molar-refractivity contribution in [2.24, 2.45) is 0 Å². The van der Waals surface area contributed by atoms with Crippen LogP contribution in [-0.2, 0) is 17.9 Å². The van der Waals surface area contributed by atoms with Crippen LogP contribution in [0, 0.1) is 0 Å². The van der Waals surface area contributed by atoms with Gasteiger partial charge in [-0.05, 0) is 39.5 Å². The maximum Gasteiger partial charge on any atom is 0.252 e.